The van der Waals surface area contributed by atoms with Crippen molar-refractivity contribution in [1.29, 1.82) is 0 Å². The fourth-order valence-corrected chi connectivity index (χ4v) is 2.38. The second-order valence-electron chi connectivity index (χ2n) is 3.82. The molecule has 2 rings (SSSR count). The van der Waals surface area contributed by atoms with Gasteiger partial charge in [0.25, 0.3) is 0 Å². The average molecular weight is 259 g/mol. The first-order valence-corrected chi connectivity index (χ1v) is 6.62. The highest BCUT2D eigenvalue weighted by Gasteiger charge is 2.65. The summed E-state index contributed by atoms with van der Waals surface area (Å²) in [7, 11) is -9.52. The molecular formula is C9H10F5NS. The average Bonchev–Trinajstić information content (AvgIpc) is 2.13. The molecule has 92 valence electrons. The van der Waals surface area contributed by atoms with Crippen LogP contribution in [0.1, 0.15) is 12.0 Å². The van der Waals surface area contributed by atoms with E-state index in [1.165, 1.54) is 0 Å². The number of fused-ring (bicyclic) bond motifs is 1. The van der Waals surface area contributed by atoms with Gasteiger partial charge in [-0.05, 0) is 36.6 Å². The molecule has 1 aromatic rings. The lowest BCUT2D eigenvalue weighted by molar-refractivity contribution is 0.364. The van der Waals surface area contributed by atoms with Crippen LogP contribution in [0.4, 0.5) is 25.1 Å². The molecule has 0 bridgehead atoms. The molecule has 0 radical (unpaired) electrons. The van der Waals surface area contributed by atoms with Gasteiger partial charge in [0.1, 0.15) is 4.90 Å². The minimum atomic E-state index is -9.52. The molecule has 16 heavy (non-hydrogen) atoms. The maximum Gasteiger partial charge on any atom is 0.310 e. The Morgan fingerprint density at radius 3 is 2.38 bits per heavy atom. The summed E-state index contributed by atoms with van der Waals surface area (Å²) in [6.45, 7) is 0.656. The molecule has 0 aromatic heterocycles. The van der Waals surface area contributed by atoms with Crippen LogP contribution < -0.4 is 5.32 Å². The lowest BCUT2D eigenvalue weighted by Gasteiger charge is -2.41. The van der Waals surface area contributed by atoms with Crippen LogP contribution in [-0.4, -0.2) is 6.54 Å². The molecule has 0 spiro atoms. The van der Waals surface area contributed by atoms with Crippen LogP contribution in [0.3, 0.4) is 0 Å². The second-order valence-corrected chi connectivity index (χ2v) is 6.23. The number of halogens is 5. The van der Waals surface area contributed by atoms with Crippen LogP contribution in [0.5, 0.6) is 0 Å². The van der Waals surface area contributed by atoms with Crippen molar-refractivity contribution in [3.63, 3.8) is 0 Å². The number of benzene rings is 1. The lowest BCUT2D eigenvalue weighted by atomic mass is 10.0. The van der Waals surface area contributed by atoms with E-state index in [4.69, 9.17) is 0 Å². The van der Waals surface area contributed by atoms with Gasteiger partial charge in [-0.1, -0.05) is 19.4 Å². The molecule has 0 amide bonds. The van der Waals surface area contributed by atoms with E-state index in [-0.39, 0.29) is 0 Å². The van der Waals surface area contributed by atoms with Crippen molar-refractivity contribution >= 4 is 15.9 Å². The Bertz CT molecular complexity index is 438. The number of hydrogen-bond acceptors (Lipinski definition) is 1. The van der Waals surface area contributed by atoms with E-state index >= 15 is 0 Å². The maximum atomic E-state index is 12.5. The molecule has 1 heterocycles. The van der Waals surface area contributed by atoms with Gasteiger partial charge in [-0.15, -0.1) is 0 Å². The molecule has 0 aliphatic carbocycles. The van der Waals surface area contributed by atoms with Crippen molar-refractivity contribution in [2.75, 3.05) is 11.9 Å². The van der Waals surface area contributed by atoms with E-state index in [1.54, 1.807) is 0 Å². The highest BCUT2D eigenvalue weighted by molar-refractivity contribution is 8.45. The summed E-state index contributed by atoms with van der Waals surface area (Å²) in [5, 5.41) is 2.87. The molecular weight excluding hydrogens is 249 g/mol. The Balaban J connectivity index is 2.54. The molecule has 1 aromatic carbocycles. The third-order valence-electron chi connectivity index (χ3n) is 2.46. The van der Waals surface area contributed by atoms with E-state index in [2.05, 4.69) is 5.32 Å². The third-order valence-corrected chi connectivity index (χ3v) is 3.61. The Labute approximate surface area is 89.4 Å². The number of aryl methyl sites for hydroxylation is 1. The van der Waals surface area contributed by atoms with E-state index in [0.29, 0.717) is 42.8 Å². The van der Waals surface area contributed by atoms with Crippen molar-refractivity contribution in [2.45, 2.75) is 17.7 Å². The molecule has 1 aliphatic rings. The number of rotatable bonds is 1. The Hall–Kier alpha value is -0.980. The van der Waals surface area contributed by atoms with Crippen LogP contribution in [0.2, 0.25) is 0 Å². The van der Waals surface area contributed by atoms with Gasteiger partial charge in [0.05, 0.1) is 0 Å². The highest BCUT2D eigenvalue weighted by Crippen LogP contribution is 3.02. The normalized spacial score (nSPS) is 20.3. The fraction of sp³-hybridized carbons (Fsp3) is 0.333. The standard InChI is InChI=1S/C9H10F5NS/c10-16(11,12,13,14)8-3-4-9-7(6-8)2-1-5-15-9/h3-4,6,15H,1-2,5H2. The van der Waals surface area contributed by atoms with Gasteiger partial charge in [0, 0.05) is 12.2 Å². The zero-order valence-corrected chi connectivity index (χ0v) is 8.97. The van der Waals surface area contributed by atoms with Gasteiger partial charge in [-0.25, -0.2) is 0 Å². The fourth-order valence-electron chi connectivity index (χ4n) is 1.69. The van der Waals surface area contributed by atoms with Crippen molar-refractivity contribution in [3.8, 4) is 0 Å². The van der Waals surface area contributed by atoms with Gasteiger partial charge in [-0.3, -0.25) is 0 Å². The molecule has 0 saturated heterocycles. The van der Waals surface area contributed by atoms with Gasteiger partial charge in [0.2, 0.25) is 0 Å². The van der Waals surface area contributed by atoms with Crippen molar-refractivity contribution in [1.82, 2.24) is 0 Å². The number of anilines is 1. The van der Waals surface area contributed by atoms with E-state index in [0.717, 1.165) is 6.07 Å². The zero-order valence-electron chi connectivity index (χ0n) is 8.15. The summed E-state index contributed by atoms with van der Waals surface area (Å²) >= 11 is 0. The smallest absolute Gasteiger partial charge is 0.310 e. The maximum absolute atomic E-state index is 12.5. The van der Waals surface area contributed by atoms with Crippen LogP contribution >= 0.6 is 10.2 Å². The molecule has 7 heteroatoms. The van der Waals surface area contributed by atoms with Gasteiger partial charge >= 0.3 is 10.2 Å². The van der Waals surface area contributed by atoms with Crippen molar-refractivity contribution in [2.24, 2.45) is 0 Å². The van der Waals surface area contributed by atoms with Gasteiger partial charge in [0.15, 0.2) is 0 Å². The lowest BCUT2D eigenvalue weighted by Crippen LogP contribution is -2.13. The van der Waals surface area contributed by atoms with Crippen LogP contribution in [-0.2, 0) is 6.42 Å². The summed E-state index contributed by atoms with van der Waals surface area (Å²) in [5.74, 6) is 0. The summed E-state index contributed by atoms with van der Waals surface area (Å²) in [6.07, 6.45) is 1.04. The molecule has 0 unspecified atom stereocenters. The van der Waals surface area contributed by atoms with Crippen LogP contribution in [0, 0.1) is 0 Å². The SMILES string of the molecule is FS(F)(F)(F)(F)c1ccc2c(c1)CCCN2. The monoisotopic (exact) mass is 259 g/mol. The minimum absolute atomic E-state index is 0.303. The molecule has 1 aliphatic heterocycles. The summed E-state index contributed by atoms with van der Waals surface area (Å²) in [4.78, 5) is -1.80. The first-order chi connectivity index (χ1) is 7.06. The molecule has 0 atom stereocenters. The Kier molecular flexibility index (Phi) is 1.90. The Morgan fingerprint density at radius 1 is 1.06 bits per heavy atom. The third kappa shape index (κ3) is 2.23. The zero-order chi connectivity index (χ0) is 12.1. The number of hydrogen-bond donors (Lipinski definition) is 1. The predicted molar refractivity (Wildman–Crippen MR) is 54.6 cm³/mol. The van der Waals surface area contributed by atoms with Crippen LogP contribution in [0.15, 0.2) is 23.1 Å². The van der Waals surface area contributed by atoms with E-state index in [9.17, 15) is 19.4 Å². The molecule has 0 fully saturated rings. The molecule has 1 nitrogen and oxygen atoms in total. The topological polar surface area (TPSA) is 12.0 Å². The van der Waals surface area contributed by atoms with Gasteiger partial charge < -0.3 is 5.32 Å². The quantitative estimate of drug-likeness (QED) is 0.721. The van der Waals surface area contributed by atoms with Gasteiger partial charge in [-0.2, -0.15) is 0 Å². The number of nitrogens with one attached hydrogen (secondary N) is 1. The summed E-state index contributed by atoms with van der Waals surface area (Å²) < 4.78 is 62.5. The van der Waals surface area contributed by atoms with Crippen molar-refractivity contribution in [3.05, 3.63) is 23.8 Å². The van der Waals surface area contributed by atoms with E-state index < -0.39 is 15.1 Å². The Morgan fingerprint density at radius 2 is 1.75 bits per heavy atom. The van der Waals surface area contributed by atoms with Crippen molar-refractivity contribution < 1.29 is 19.4 Å². The molecule has 0 saturated carbocycles. The largest absolute Gasteiger partial charge is 0.385 e. The first-order valence-electron chi connectivity index (χ1n) is 4.67. The molecule has 1 N–H and O–H groups in total. The minimum Gasteiger partial charge on any atom is -0.385 e. The second kappa shape index (κ2) is 2.64. The highest BCUT2D eigenvalue weighted by atomic mass is 32.5. The summed E-state index contributed by atoms with van der Waals surface area (Å²) in [6, 6.07) is 2.07. The summed E-state index contributed by atoms with van der Waals surface area (Å²) in [5.41, 5.74) is 0.814. The first kappa shape index (κ1) is 11.5. The van der Waals surface area contributed by atoms with E-state index in [1.807, 2.05) is 0 Å². The van der Waals surface area contributed by atoms with Crippen LogP contribution in [0.25, 0.3) is 0 Å². The predicted octanol–water partition coefficient (Wildman–Crippen LogP) is 4.70.